The molecule has 2 amide bonds. The van der Waals surface area contributed by atoms with Crippen LogP contribution in [0.5, 0.6) is 0 Å². The number of hydrogen-bond donors (Lipinski definition) is 2. The van der Waals surface area contributed by atoms with Crippen LogP contribution >= 0.6 is 0 Å². The van der Waals surface area contributed by atoms with Gasteiger partial charge in [-0.1, -0.05) is 51.7 Å². The summed E-state index contributed by atoms with van der Waals surface area (Å²) in [6, 6.07) is 0. The monoisotopic (exact) mass is 294 g/mol. The van der Waals surface area contributed by atoms with Crippen LogP contribution in [0.15, 0.2) is 12.2 Å². The van der Waals surface area contributed by atoms with Gasteiger partial charge in [0.2, 0.25) is 12.3 Å². The zero-order valence-electron chi connectivity index (χ0n) is 13.4. The Kier molecular flexibility index (Phi) is 6.93. The minimum atomic E-state index is -0.220. The lowest BCUT2D eigenvalue weighted by molar-refractivity contribution is -0.133. The van der Waals surface area contributed by atoms with E-state index in [9.17, 15) is 4.79 Å². The maximum atomic E-state index is 12.1. The standard InChI is InChI=1S/C16H27NO.CH3NO/c1-3-5-6-7-13(4-2)16(15(17)18)11-12-8-9-14(16)10-12;2-1-3/h8-9,12-14H,3-7,10-11H2,1-2H3,(H2,17,18);1H,(H2,2,3). The summed E-state index contributed by atoms with van der Waals surface area (Å²) in [5.74, 6) is 1.48. The van der Waals surface area contributed by atoms with Crippen molar-refractivity contribution >= 4 is 12.3 Å². The number of allylic oxidation sites excluding steroid dienone is 2. The fourth-order valence-electron chi connectivity index (χ4n) is 4.31. The SMILES string of the molecule is CCCCCC(CC)C1(C(N)=O)CC2C=CC1C2.NC=O. The van der Waals surface area contributed by atoms with Crippen LogP contribution in [0.4, 0.5) is 0 Å². The molecular weight excluding hydrogens is 264 g/mol. The highest BCUT2D eigenvalue weighted by Crippen LogP contribution is 2.57. The van der Waals surface area contributed by atoms with Crippen LogP contribution in [0.3, 0.4) is 0 Å². The molecule has 0 aromatic carbocycles. The van der Waals surface area contributed by atoms with Gasteiger partial charge in [-0.3, -0.25) is 9.59 Å². The zero-order chi connectivity index (χ0) is 15.9. The van der Waals surface area contributed by atoms with E-state index in [1.54, 1.807) is 0 Å². The maximum absolute atomic E-state index is 12.1. The second-order valence-electron chi connectivity index (χ2n) is 6.33. The second kappa shape index (κ2) is 8.20. The third-order valence-corrected chi connectivity index (χ3v) is 5.27. The number of carbonyl (C=O) groups excluding carboxylic acids is 2. The summed E-state index contributed by atoms with van der Waals surface area (Å²) < 4.78 is 0. The molecule has 2 rings (SSSR count). The number of primary amides is 2. The number of rotatable bonds is 7. The van der Waals surface area contributed by atoms with Gasteiger partial charge < -0.3 is 11.5 Å². The van der Waals surface area contributed by atoms with Gasteiger partial charge >= 0.3 is 0 Å². The first-order valence-corrected chi connectivity index (χ1v) is 8.20. The Morgan fingerprint density at radius 2 is 2.05 bits per heavy atom. The quantitative estimate of drug-likeness (QED) is 0.430. The van der Waals surface area contributed by atoms with Crippen LogP contribution in [0, 0.1) is 23.2 Å². The van der Waals surface area contributed by atoms with E-state index in [0.29, 0.717) is 17.8 Å². The average molecular weight is 294 g/mol. The molecule has 0 heterocycles. The Hall–Kier alpha value is -1.32. The molecule has 2 aliphatic carbocycles. The molecule has 0 aromatic heterocycles. The number of amides is 2. The van der Waals surface area contributed by atoms with Crippen molar-refractivity contribution < 1.29 is 9.59 Å². The summed E-state index contributed by atoms with van der Waals surface area (Å²) >= 11 is 0. The molecule has 120 valence electrons. The van der Waals surface area contributed by atoms with Crippen LogP contribution in [0.25, 0.3) is 0 Å². The fraction of sp³-hybridized carbons (Fsp3) is 0.765. The lowest BCUT2D eigenvalue weighted by Gasteiger charge is -2.40. The third-order valence-electron chi connectivity index (χ3n) is 5.27. The van der Waals surface area contributed by atoms with Crippen molar-refractivity contribution in [3.63, 3.8) is 0 Å². The van der Waals surface area contributed by atoms with Crippen molar-refractivity contribution in [1.29, 1.82) is 0 Å². The molecule has 1 fully saturated rings. The van der Waals surface area contributed by atoms with Gasteiger partial charge in [0.25, 0.3) is 0 Å². The average Bonchev–Trinajstić information content (AvgIpc) is 3.05. The van der Waals surface area contributed by atoms with E-state index in [1.807, 2.05) is 0 Å². The Balaban J connectivity index is 0.000000677. The Bertz CT molecular complexity index is 381. The molecule has 4 nitrogen and oxygen atoms in total. The fourth-order valence-corrected chi connectivity index (χ4v) is 4.31. The van der Waals surface area contributed by atoms with Gasteiger partial charge in [-0.15, -0.1) is 0 Å². The molecule has 4 unspecified atom stereocenters. The van der Waals surface area contributed by atoms with Crippen LogP contribution in [0.2, 0.25) is 0 Å². The summed E-state index contributed by atoms with van der Waals surface area (Å²) in [6.45, 7) is 4.45. The Morgan fingerprint density at radius 3 is 2.43 bits per heavy atom. The smallest absolute Gasteiger partial charge is 0.224 e. The summed E-state index contributed by atoms with van der Waals surface area (Å²) in [5.41, 5.74) is 9.77. The molecule has 0 aliphatic heterocycles. The minimum Gasteiger partial charge on any atom is -0.372 e. The van der Waals surface area contributed by atoms with E-state index in [1.165, 1.54) is 25.7 Å². The van der Waals surface area contributed by atoms with Gasteiger partial charge in [0.15, 0.2) is 0 Å². The highest BCUT2D eigenvalue weighted by atomic mass is 16.1. The number of fused-ring (bicyclic) bond motifs is 2. The number of unbranched alkanes of at least 4 members (excludes halogenated alkanes) is 2. The van der Waals surface area contributed by atoms with Crippen LogP contribution in [0.1, 0.15) is 58.8 Å². The molecule has 2 bridgehead atoms. The van der Waals surface area contributed by atoms with E-state index >= 15 is 0 Å². The second-order valence-corrected chi connectivity index (χ2v) is 6.33. The van der Waals surface area contributed by atoms with E-state index in [-0.39, 0.29) is 17.7 Å². The van der Waals surface area contributed by atoms with Crippen LogP contribution in [-0.2, 0) is 9.59 Å². The molecule has 4 heteroatoms. The number of carbonyl (C=O) groups is 2. The van der Waals surface area contributed by atoms with Gasteiger partial charge in [-0.25, -0.2) is 0 Å². The lowest BCUT2D eigenvalue weighted by Crippen LogP contribution is -2.46. The highest BCUT2D eigenvalue weighted by molar-refractivity contribution is 5.82. The molecule has 0 aromatic rings. The number of nitrogens with two attached hydrogens (primary N) is 2. The third kappa shape index (κ3) is 3.66. The summed E-state index contributed by atoms with van der Waals surface area (Å²) in [4.78, 5) is 20.7. The van der Waals surface area contributed by atoms with Gasteiger partial charge in [-0.05, 0) is 37.0 Å². The first-order valence-electron chi connectivity index (χ1n) is 8.20. The van der Waals surface area contributed by atoms with E-state index in [2.05, 4.69) is 31.7 Å². The predicted molar refractivity (Wildman–Crippen MR) is 85.2 cm³/mol. The minimum absolute atomic E-state index is 0.0392. The van der Waals surface area contributed by atoms with Crippen molar-refractivity contribution in [2.24, 2.45) is 34.6 Å². The number of hydrogen-bond acceptors (Lipinski definition) is 2. The molecule has 0 spiro atoms. The molecule has 2 aliphatic rings. The molecule has 4 atom stereocenters. The lowest BCUT2D eigenvalue weighted by atomic mass is 9.63. The molecule has 0 radical (unpaired) electrons. The van der Waals surface area contributed by atoms with E-state index in [4.69, 9.17) is 10.5 Å². The van der Waals surface area contributed by atoms with Gasteiger partial charge in [0.05, 0.1) is 5.41 Å². The Morgan fingerprint density at radius 1 is 1.38 bits per heavy atom. The predicted octanol–water partition coefficient (Wildman–Crippen LogP) is 2.76. The van der Waals surface area contributed by atoms with Crippen molar-refractivity contribution in [3.8, 4) is 0 Å². The molecule has 21 heavy (non-hydrogen) atoms. The summed E-state index contributed by atoms with van der Waals surface area (Å²) in [6.07, 6.45) is 13.0. The molecule has 0 saturated heterocycles. The molecule has 4 N–H and O–H groups in total. The molecule has 1 saturated carbocycles. The van der Waals surface area contributed by atoms with E-state index in [0.717, 1.165) is 19.3 Å². The summed E-state index contributed by atoms with van der Waals surface area (Å²) in [7, 11) is 0. The normalized spacial score (nSPS) is 30.6. The Labute approximate surface area is 128 Å². The molecular formula is C17H30N2O2. The van der Waals surface area contributed by atoms with Crippen molar-refractivity contribution in [2.75, 3.05) is 0 Å². The van der Waals surface area contributed by atoms with Gasteiger partial charge in [-0.2, -0.15) is 0 Å². The van der Waals surface area contributed by atoms with Gasteiger partial charge in [0.1, 0.15) is 0 Å². The zero-order valence-corrected chi connectivity index (χ0v) is 13.4. The van der Waals surface area contributed by atoms with Crippen molar-refractivity contribution in [3.05, 3.63) is 12.2 Å². The van der Waals surface area contributed by atoms with Crippen LogP contribution < -0.4 is 11.5 Å². The van der Waals surface area contributed by atoms with Crippen molar-refractivity contribution in [1.82, 2.24) is 0 Å². The first kappa shape index (κ1) is 17.7. The van der Waals surface area contributed by atoms with Gasteiger partial charge in [0, 0.05) is 0 Å². The summed E-state index contributed by atoms with van der Waals surface area (Å²) in [5, 5.41) is 0. The maximum Gasteiger partial charge on any atom is 0.224 e. The largest absolute Gasteiger partial charge is 0.372 e. The van der Waals surface area contributed by atoms with Crippen LogP contribution in [-0.4, -0.2) is 12.3 Å². The highest BCUT2D eigenvalue weighted by Gasteiger charge is 2.55. The van der Waals surface area contributed by atoms with E-state index < -0.39 is 0 Å². The first-order chi connectivity index (χ1) is 10.1. The van der Waals surface area contributed by atoms with Crippen molar-refractivity contribution in [2.45, 2.75) is 58.8 Å². The topological polar surface area (TPSA) is 86.2 Å².